The monoisotopic (exact) mass is 338 g/mol. The standard InChI is InChI=1S/C21H38O3/c1-3-5-6-16-23-21(22)24-20-14-12-19(13-15-20)18-10-8-17(7-4-2)9-11-18/h17-20H,3-16H2,1-2H3. The Balaban J connectivity index is 1.59. The van der Waals surface area contributed by atoms with Crippen molar-refractivity contribution < 1.29 is 14.3 Å². The second-order valence-corrected chi connectivity index (χ2v) is 8.03. The summed E-state index contributed by atoms with van der Waals surface area (Å²) in [7, 11) is 0. The van der Waals surface area contributed by atoms with E-state index in [1.807, 2.05) is 0 Å². The fourth-order valence-corrected chi connectivity index (χ4v) is 4.71. The molecule has 2 aliphatic rings. The van der Waals surface area contributed by atoms with Crippen molar-refractivity contribution in [2.24, 2.45) is 17.8 Å². The molecule has 2 saturated carbocycles. The molecule has 0 amide bonds. The smallest absolute Gasteiger partial charge is 0.434 e. The molecule has 0 N–H and O–H groups in total. The quantitative estimate of drug-likeness (QED) is 0.374. The van der Waals surface area contributed by atoms with Gasteiger partial charge in [0.05, 0.1) is 6.61 Å². The van der Waals surface area contributed by atoms with E-state index in [9.17, 15) is 4.79 Å². The van der Waals surface area contributed by atoms with E-state index in [4.69, 9.17) is 9.47 Å². The van der Waals surface area contributed by atoms with Gasteiger partial charge in [-0.15, -0.1) is 0 Å². The van der Waals surface area contributed by atoms with Crippen LogP contribution in [0.3, 0.4) is 0 Å². The molecule has 0 radical (unpaired) electrons. The van der Waals surface area contributed by atoms with E-state index in [-0.39, 0.29) is 6.10 Å². The second-order valence-electron chi connectivity index (χ2n) is 8.03. The predicted octanol–water partition coefficient (Wildman–Crippen LogP) is 6.50. The van der Waals surface area contributed by atoms with Crippen LogP contribution in [-0.2, 0) is 9.47 Å². The largest absolute Gasteiger partial charge is 0.508 e. The van der Waals surface area contributed by atoms with E-state index in [1.165, 1.54) is 51.4 Å². The summed E-state index contributed by atoms with van der Waals surface area (Å²) in [6, 6.07) is 0. The van der Waals surface area contributed by atoms with E-state index in [2.05, 4.69) is 13.8 Å². The highest BCUT2D eigenvalue weighted by Crippen LogP contribution is 2.41. The molecule has 0 saturated heterocycles. The maximum Gasteiger partial charge on any atom is 0.508 e. The van der Waals surface area contributed by atoms with Crippen LogP contribution in [0.5, 0.6) is 0 Å². The van der Waals surface area contributed by atoms with Gasteiger partial charge in [-0.3, -0.25) is 0 Å². The zero-order chi connectivity index (χ0) is 17.2. The fourth-order valence-electron chi connectivity index (χ4n) is 4.71. The molecule has 140 valence electrons. The van der Waals surface area contributed by atoms with Crippen LogP contribution in [0.2, 0.25) is 0 Å². The molecule has 3 heteroatoms. The van der Waals surface area contributed by atoms with E-state index in [0.717, 1.165) is 49.9 Å². The summed E-state index contributed by atoms with van der Waals surface area (Å²) in [5, 5.41) is 0. The Kier molecular flexibility index (Phi) is 8.98. The third-order valence-corrected chi connectivity index (χ3v) is 6.20. The van der Waals surface area contributed by atoms with Gasteiger partial charge in [-0.2, -0.15) is 0 Å². The van der Waals surface area contributed by atoms with Crippen LogP contribution in [0.25, 0.3) is 0 Å². The zero-order valence-corrected chi connectivity index (χ0v) is 15.9. The lowest BCUT2D eigenvalue weighted by atomic mass is 9.70. The van der Waals surface area contributed by atoms with Crippen molar-refractivity contribution in [3.8, 4) is 0 Å². The Morgan fingerprint density at radius 3 is 2.04 bits per heavy atom. The lowest BCUT2D eigenvalue weighted by Gasteiger charge is -2.37. The first-order chi connectivity index (χ1) is 11.7. The molecule has 3 nitrogen and oxygen atoms in total. The highest BCUT2D eigenvalue weighted by Gasteiger charge is 2.31. The number of carbonyl (C=O) groups excluding carboxylic acids is 1. The maximum atomic E-state index is 11.7. The summed E-state index contributed by atoms with van der Waals surface area (Å²) < 4.78 is 10.7. The van der Waals surface area contributed by atoms with E-state index in [0.29, 0.717) is 6.61 Å². The summed E-state index contributed by atoms with van der Waals surface area (Å²) in [5.41, 5.74) is 0. The highest BCUT2D eigenvalue weighted by molar-refractivity contribution is 5.60. The molecule has 0 heterocycles. The van der Waals surface area contributed by atoms with Gasteiger partial charge in [-0.25, -0.2) is 4.79 Å². The number of unbranched alkanes of at least 4 members (excludes halogenated alkanes) is 2. The van der Waals surface area contributed by atoms with E-state index >= 15 is 0 Å². The number of hydrogen-bond donors (Lipinski definition) is 0. The molecule has 2 fully saturated rings. The molecule has 0 bridgehead atoms. The molecule has 0 aromatic rings. The molecule has 2 aliphatic carbocycles. The Labute approximate surface area is 148 Å². The van der Waals surface area contributed by atoms with E-state index in [1.54, 1.807) is 0 Å². The van der Waals surface area contributed by atoms with Gasteiger partial charge in [0.1, 0.15) is 6.10 Å². The lowest BCUT2D eigenvalue weighted by Crippen LogP contribution is -2.30. The number of rotatable bonds is 8. The molecule has 0 aromatic carbocycles. The third kappa shape index (κ3) is 6.64. The van der Waals surface area contributed by atoms with Crippen molar-refractivity contribution in [1.82, 2.24) is 0 Å². The topological polar surface area (TPSA) is 35.5 Å². The molecular weight excluding hydrogens is 300 g/mol. The molecule has 0 unspecified atom stereocenters. The minimum atomic E-state index is -0.449. The SMILES string of the molecule is CCCCCOC(=O)OC1CCC(C2CCC(CCC)CC2)CC1. The second kappa shape index (κ2) is 11.0. The van der Waals surface area contributed by atoms with Crippen molar-refractivity contribution in [2.45, 2.75) is 103 Å². The molecule has 0 atom stereocenters. The van der Waals surface area contributed by atoms with Crippen LogP contribution in [0.15, 0.2) is 0 Å². The van der Waals surface area contributed by atoms with Crippen molar-refractivity contribution in [3.05, 3.63) is 0 Å². The first kappa shape index (κ1) is 19.6. The van der Waals surface area contributed by atoms with Crippen molar-refractivity contribution >= 4 is 6.16 Å². The maximum absolute atomic E-state index is 11.7. The highest BCUT2D eigenvalue weighted by atomic mass is 16.7. The number of hydrogen-bond acceptors (Lipinski definition) is 3. The van der Waals surface area contributed by atoms with Crippen molar-refractivity contribution in [2.75, 3.05) is 6.61 Å². The average Bonchev–Trinajstić information content (AvgIpc) is 2.60. The molecule has 0 spiro atoms. The van der Waals surface area contributed by atoms with Gasteiger partial charge in [0, 0.05) is 0 Å². The average molecular weight is 339 g/mol. The fraction of sp³-hybridized carbons (Fsp3) is 0.952. The first-order valence-electron chi connectivity index (χ1n) is 10.6. The van der Waals surface area contributed by atoms with Crippen LogP contribution in [0.1, 0.15) is 97.3 Å². The lowest BCUT2D eigenvalue weighted by molar-refractivity contribution is -0.000959. The van der Waals surface area contributed by atoms with Gasteiger partial charge >= 0.3 is 6.16 Å². The first-order valence-corrected chi connectivity index (χ1v) is 10.6. The summed E-state index contributed by atoms with van der Waals surface area (Å²) >= 11 is 0. The molecule has 0 aliphatic heterocycles. The van der Waals surface area contributed by atoms with Gasteiger partial charge in [0.2, 0.25) is 0 Å². The van der Waals surface area contributed by atoms with Crippen molar-refractivity contribution in [1.29, 1.82) is 0 Å². The van der Waals surface area contributed by atoms with Crippen LogP contribution in [0.4, 0.5) is 4.79 Å². The Morgan fingerprint density at radius 2 is 1.46 bits per heavy atom. The van der Waals surface area contributed by atoms with Gasteiger partial charge in [0.25, 0.3) is 0 Å². The Morgan fingerprint density at radius 1 is 0.833 bits per heavy atom. The number of ether oxygens (including phenoxy) is 2. The summed E-state index contributed by atoms with van der Waals surface area (Å²) in [6.45, 7) is 4.96. The van der Waals surface area contributed by atoms with Gasteiger partial charge < -0.3 is 9.47 Å². The Hall–Kier alpha value is -0.730. The predicted molar refractivity (Wildman–Crippen MR) is 98.1 cm³/mol. The van der Waals surface area contributed by atoms with Crippen LogP contribution in [0, 0.1) is 17.8 Å². The molecule has 0 aromatic heterocycles. The molecular formula is C21H38O3. The van der Waals surface area contributed by atoms with Crippen LogP contribution < -0.4 is 0 Å². The molecule has 2 rings (SSSR count). The Bertz CT molecular complexity index is 339. The summed E-state index contributed by atoms with van der Waals surface area (Å²) in [6.07, 6.45) is 15.9. The van der Waals surface area contributed by atoms with Gasteiger partial charge in [-0.1, -0.05) is 52.4 Å². The zero-order valence-electron chi connectivity index (χ0n) is 15.9. The summed E-state index contributed by atoms with van der Waals surface area (Å²) in [5.74, 6) is 2.79. The minimum Gasteiger partial charge on any atom is -0.434 e. The third-order valence-electron chi connectivity index (χ3n) is 6.20. The molecule has 24 heavy (non-hydrogen) atoms. The van der Waals surface area contributed by atoms with Crippen molar-refractivity contribution in [3.63, 3.8) is 0 Å². The van der Waals surface area contributed by atoms with Gasteiger partial charge in [-0.05, 0) is 62.7 Å². The minimum absolute atomic E-state index is 0.0938. The van der Waals surface area contributed by atoms with Crippen LogP contribution in [-0.4, -0.2) is 18.9 Å². The van der Waals surface area contributed by atoms with E-state index < -0.39 is 6.16 Å². The van der Waals surface area contributed by atoms with Crippen LogP contribution >= 0.6 is 0 Å². The number of carbonyl (C=O) groups is 1. The normalized spacial score (nSPS) is 30.8. The summed E-state index contributed by atoms with van der Waals surface area (Å²) in [4.78, 5) is 11.7. The van der Waals surface area contributed by atoms with Gasteiger partial charge in [0.15, 0.2) is 0 Å².